The van der Waals surface area contributed by atoms with Crippen LogP contribution in [0.3, 0.4) is 0 Å². The zero-order valence-electron chi connectivity index (χ0n) is 16.1. The fourth-order valence-electron chi connectivity index (χ4n) is 3.33. The quantitative estimate of drug-likeness (QED) is 0.696. The second-order valence-electron chi connectivity index (χ2n) is 6.66. The summed E-state index contributed by atoms with van der Waals surface area (Å²) in [5.41, 5.74) is 2.60. The molecule has 1 aliphatic rings. The lowest BCUT2D eigenvalue weighted by Crippen LogP contribution is -2.43. The van der Waals surface area contributed by atoms with E-state index >= 15 is 0 Å². The van der Waals surface area contributed by atoms with Crippen LogP contribution in [0.5, 0.6) is 11.5 Å². The van der Waals surface area contributed by atoms with E-state index in [4.69, 9.17) is 9.47 Å². The first-order valence-electron chi connectivity index (χ1n) is 9.26. The molecular weight excluding hydrogens is 356 g/mol. The van der Waals surface area contributed by atoms with E-state index in [0.717, 1.165) is 23.5 Å². The number of fused-ring (bicyclic) bond motifs is 1. The highest BCUT2D eigenvalue weighted by Gasteiger charge is 2.32. The smallest absolute Gasteiger partial charge is 0.280 e. The van der Waals surface area contributed by atoms with Crippen molar-refractivity contribution in [2.24, 2.45) is 0 Å². The topological polar surface area (TPSA) is 69.5 Å². The van der Waals surface area contributed by atoms with Gasteiger partial charge in [0.1, 0.15) is 17.6 Å². The van der Waals surface area contributed by atoms with Crippen LogP contribution in [0, 0.1) is 6.92 Å². The van der Waals surface area contributed by atoms with E-state index < -0.39 is 0 Å². The minimum absolute atomic E-state index is 0.0456. The van der Waals surface area contributed by atoms with E-state index in [9.17, 15) is 4.79 Å². The predicted molar refractivity (Wildman–Crippen MR) is 105 cm³/mol. The summed E-state index contributed by atoms with van der Waals surface area (Å²) < 4.78 is 12.8. The lowest BCUT2D eigenvalue weighted by Gasteiger charge is -2.34. The molecule has 0 saturated heterocycles. The molecule has 1 aromatic heterocycles. The summed E-state index contributed by atoms with van der Waals surface area (Å²) in [7, 11) is 1.62. The van der Waals surface area contributed by atoms with Crippen molar-refractivity contribution in [1.82, 2.24) is 15.0 Å². The van der Waals surface area contributed by atoms with E-state index in [1.807, 2.05) is 62.4 Å². The number of nitrogens with zero attached hydrogens (tertiary/aromatic N) is 4. The van der Waals surface area contributed by atoms with Crippen LogP contribution < -0.4 is 14.4 Å². The van der Waals surface area contributed by atoms with Crippen molar-refractivity contribution in [3.63, 3.8) is 0 Å². The van der Waals surface area contributed by atoms with E-state index in [1.165, 1.54) is 0 Å². The van der Waals surface area contributed by atoms with Crippen molar-refractivity contribution < 1.29 is 14.3 Å². The van der Waals surface area contributed by atoms with Crippen LogP contribution in [0.1, 0.15) is 29.5 Å². The molecule has 2 aromatic carbocycles. The summed E-state index contributed by atoms with van der Waals surface area (Å²) in [6.45, 7) is 4.38. The standard InChI is InChI=1S/C21H22N4O3/c1-4-16-13-24(18-7-5-6-8-19(18)28-16)21(26)20-14(2)25(23-22-20)15-9-11-17(27-3)12-10-15/h5-12,16H,4,13H2,1-3H3/t16-/m0/s1. The number of hydrogen-bond donors (Lipinski definition) is 0. The summed E-state index contributed by atoms with van der Waals surface area (Å²) in [5, 5.41) is 8.38. The molecule has 4 rings (SSSR count). The summed E-state index contributed by atoms with van der Waals surface area (Å²) >= 11 is 0. The number of rotatable bonds is 4. The molecular formula is C21H22N4O3. The van der Waals surface area contributed by atoms with E-state index in [-0.39, 0.29) is 12.0 Å². The van der Waals surface area contributed by atoms with Crippen molar-refractivity contribution in [2.45, 2.75) is 26.4 Å². The fourth-order valence-corrected chi connectivity index (χ4v) is 3.33. The van der Waals surface area contributed by atoms with Gasteiger partial charge in [-0.2, -0.15) is 0 Å². The highest BCUT2D eigenvalue weighted by molar-refractivity contribution is 6.06. The van der Waals surface area contributed by atoms with Gasteiger partial charge in [0.05, 0.1) is 30.7 Å². The Morgan fingerprint density at radius 2 is 1.96 bits per heavy atom. The highest BCUT2D eigenvalue weighted by Crippen LogP contribution is 2.34. The first-order chi connectivity index (χ1) is 13.6. The highest BCUT2D eigenvalue weighted by atomic mass is 16.5. The minimum Gasteiger partial charge on any atom is -0.497 e. The molecule has 7 heteroatoms. The second kappa shape index (κ2) is 7.34. The number of carbonyl (C=O) groups is 1. The average Bonchev–Trinajstić information content (AvgIpc) is 3.13. The summed E-state index contributed by atoms with van der Waals surface area (Å²) in [5.74, 6) is 1.30. The number of carbonyl (C=O) groups excluding carboxylic acids is 1. The molecule has 2 heterocycles. The molecule has 0 aliphatic carbocycles. The Morgan fingerprint density at radius 1 is 1.21 bits per heavy atom. The number of amides is 1. The van der Waals surface area contributed by atoms with Crippen molar-refractivity contribution in [1.29, 1.82) is 0 Å². The Labute approximate surface area is 163 Å². The Balaban J connectivity index is 1.68. The summed E-state index contributed by atoms with van der Waals surface area (Å²) in [4.78, 5) is 15.1. The molecule has 0 fully saturated rings. The zero-order chi connectivity index (χ0) is 19.7. The molecule has 3 aromatic rings. The van der Waals surface area contributed by atoms with E-state index in [2.05, 4.69) is 10.3 Å². The zero-order valence-corrected chi connectivity index (χ0v) is 16.1. The average molecular weight is 378 g/mol. The number of hydrogen-bond acceptors (Lipinski definition) is 5. The Kier molecular flexibility index (Phi) is 4.73. The number of methoxy groups -OCH3 is 1. The second-order valence-corrected chi connectivity index (χ2v) is 6.66. The van der Waals surface area contributed by atoms with Gasteiger partial charge >= 0.3 is 0 Å². The third-order valence-corrected chi connectivity index (χ3v) is 4.95. The van der Waals surface area contributed by atoms with Crippen molar-refractivity contribution in [2.75, 3.05) is 18.6 Å². The van der Waals surface area contributed by atoms with Gasteiger partial charge in [0.15, 0.2) is 5.69 Å². The molecule has 0 radical (unpaired) electrons. The molecule has 1 aliphatic heterocycles. The number of anilines is 1. The third-order valence-electron chi connectivity index (χ3n) is 4.95. The van der Waals surface area contributed by atoms with Gasteiger partial charge in [-0.15, -0.1) is 5.10 Å². The van der Waals surface area contributed by atoms with Crippen LogP contribution in [0.4, 0.5) is 5.69 Å². The fraction of sp³-hybridized carbons (Fsp3) is 0.286. The molecule has 28 heavy (non-hydrogen) atoms. The lowest BCUT2D eigenvalue weighted by atomic mass is 10.1. The van der Waals surface area contributed by atoms with Crippen molar-refractivity contribution >= 4 is 11.6 Å². The van der Waals surface area contributed by atoms with Crippen molar-refractivity contribution in [3.8, 4) is 17.2 Å². The molecule has 0 saturated carbocycles. The van der Waals surface area contributed by atoms with E-state index in [0.29, 0.717) is 23.7 Å². The maximum Gasteiger partial charge on any atom is 0.280 e. The van der Waals surface area contributed by atoms with Gasteiger partial charge in [0.25, 0.3) is 5.91 Å². The number of para-hydroxylation sites is 2. The molecule has 0 unspecified atom stereocenters. The van der Waals surface area contributed by atoms with Crippen LogP contribution in [0.15, 0.2) is 48.5 Å². The van der Waals surface area contributed by atoms with Crippen LogP contribution in [-0.4, -0.2) is 40.7 Å². The number of ether oxygens (including phenoxy) is 2. The summed E-state index contributed by atoms with van der Waals surface area (Å²) in [6.07, 6.45) is 0.770. The Hall–Kier alpha value is -3.35. The van der Waals surface area contributed by atoms with Gasteiger partial charge in [0.2, 0.25) is 0 Å². The van der Waals surface area contributed by atoms with Crippen molar-refractivity contribution in [3.05, 3.63) is 59.9 Å². The Morgan fingerprint density at radius 3 is 2.68 bits per heavy atom. The lowest BCUT2D eigenvalue weighted by molar-refractivity contribution is 0.0949. The van der Waals surface area contributed by atoms with Crippen LogP contribution in [-0.2, 0) is 0 Å². The van der Waals surface area contributed by atoms with Crippen LogP contribution >= 0.6 is 0 Å². The van der Waals surface area contributed by atoms with Gasteiger partial charge in [-0.05, 0) is 49.7 Å². The maximum atomic E-state index is 13.3. The third kappa shape index (κ3) is 3.09. The van der Waals surface area contributed by atoms with Crippen LogP contribution in [0.25, 0.3) is 5.69 Å². The molecule has 1 amide bonds. The first kappa shape index (κ1) is 18.0. The van der Waals surface area contributed by atoms with Gasteiger partial charge < -0.3 is 9.47 Å². The van der Waals surface area contributed by atoms with Gasteiger partial charge in [-0.25, -0.2) is 4.68 Å². The van der Waals surface area contributed by atoms with E-state index in [1.54, 1.807) is 16.7 Å². The number of aromatic nitrogens is 3. The molecule has 0 spiro atoms. The number of benzene rings is 2. The predicted octanol–water partition coefficient (Wildman–Crippen LogP) is 3.40. The molecule has 0 bridgehead atoms. The van der Waals surface area contributed by atoms with Gasteiger partial charge in [-0.3, -0.25) is 9.69 Å². The molecule has 1 atom stereocenters. The minimum atomic E-state index is -0.175. The normalized spacial score (nSPS) is 15.7. The summed E-state index contributed by atoms with van der Waals surface area (Å²) in [6, 6.07) is 15.0. The molecule has 7 nitrogen and oxygen atoms in total. The van der Waals surface area contributed by atoms with Gasteiger partial charge in [-0.1, -0.05) is 24.3 Å². The largest absolute Gasteiger partial charge is 0.497 e. The maximum absolute atomic E-state index is 13.3. The van der Waals surface area contributed by atoms with Gasteiger partial charge in [0, 0.05) is 0 Å². The Bertz CT molecular complexity index is 997. The molecule has 144 valence electrons. The monoisotopic (exact) mass is 378 g/mol. The molecule has 0 N–H and O–H groups in total. The first-order valence-corrected chi connectivity index (χ1v) is 9.26. The van der Waals surface area contributed by atoms with Crippen LogP contribution in [0.2, 0.25) is 0 Å². The SMILES string of the molecule is CC[C@H]1CN(C(=O)c2nnn(-c3ccc(OC)cc3)c2C)c2ccccc2O1.